The molecular weight excluding hydrogens is 308 g/mol. The monoisotopic (exact) mass is 341 g/mol. The fraction of sp³-hybridized carbons (Fsp3) is 0.478. The summed E-state index contributed by atoms with van der Waals surface area (Å²) in [6.07, 6.45) is 12.0. The van der Waals surface area contributed by atoms with Crippen LogP contribution >= 0.6 is 0 Å². The Hall–Kier alpha value is -1.21. The van der Waals surface area contributed by atoms with Crippen LogP contribution < -0.4 is 0 Å². The minimum Gasteiger partial charge on any atom is -0.0654 e. The van der Waals surface area contributed by atoms with E-state index in [1.165, 1.54) is 54.7 Å². The lowest BCUT2D eigenvalue weighted by Crippen LogP contribution is -2.05. The van der Waals surface area contributed by atoms with Crippen molar-refractivity contribution in [1.29, 1.82) is 0 Å². The fourth-order valence-electron chi connectivity index (χ4n) is 3.14. The van der Waals surface area contributed by atoms with Crippen molar-refractivity contribution in [2.24, 2.45) is 0 Å². The van der Waals surface area contributed by atoms with Crippen LogP contribution in [0.1, 0.15) is 70.3 Å². The maximum Gasteiger partial charge on any atom is 0.160 e. The molecule has 24 heavy (non-hydrogen) atoms. The molecule has 1 atom stereocenters. The number of rotatable bonds is 4. The Labute approximate surface area is 152 Å². The highest BCUT2D eigenvalue weighted by molar-refractivity contribution is 7.96. The number of hydrogen-bond donors (Lipinski definition) is 0. The van der Waals surface area contributed by atoms with Gasteiger partial charge in [-0.1, -0.05) is 76.3 Å². The highest BCUT2D eigenvalue weighted by Gasteiger charge is 2.20. The minimum atomic E-state index is 0.190. The second-order valence-electron chi connectivity index (χ2n) is 6.73. The smallest absolute Gasteiger partial charge is 0.0654 e. The lowest BCUT2D eigenvalue weighted by molar-refractivity contribution is 0.443. The lowest BCUT2D eigenvalue weighted by Gasteiger charge is -2.21. The molecule has 0 bridgehead atoms. The normalized spacial score (nSPS) is 16.1. The van der Waals surface area contributed by atoms with E-state index in [4.69, 9.17) is 0 Å². The van der Waals surface area contributed by atoms with E-state index in [2.05, 4.69) is 74.7 Å². The molecule has 2 aromatic rings. The summed E-state index contributed by atoms with van der Waals surface area (Å²) in [4.78, 5) is 2.88. The third kappa shape index (κ3) is 5.70. The zero-order valence-electron chi connectivity index (χ0n) is 15.6. The number of unbranched alkanes of at least 4 members (excludes halogenated alkanes) is 1. The zero-order valence-corrected chi connectivity index (χ0v) is 16.4. The predicted molar refractivity (Wildman–Crippen MR) is 109 cm³/mol. The van der Waals surface area contributed by atoms with Crippen LogP contribution in [0.15, 0.2) is 64.4 Å². The van der Waals surface area contributed by atoms with Gasteiger partial charge in [0.1, 0.15) is 6.26 Å². The molecule has 2 aromatic carbocycles. The second-order valence-corrected chi connectivity index (χ2v) is 8.69. The molecule has 130 valence electrons. The Morgan fingerprint density at radius 1 is 0.750 bits per heavy atom. The molecule has 0 aromatic heterocycles. The van der Waals surface area contributed by atoms with Gasteiger partial charge >= 0.3 is 0 Å². The third-order valence-corrected chi connectivity index (χ3v) is 6.87. The molecule has 0 spiro atoms. The molecule has 0 N–H and O–H groups in total. The van der Waals surface area contributed by atoms with Crippen molar-refractivity contribution in [3.05, 3.63) is 60.2 Å². The van der Waals surface area contributed by atoms with Crippen LogP contribution in [-0.2, 0) is 10.9 Å². The van der Waals surface area contributed by atoms with Gasteiger partial charge in [-0.05, 0) is 48.6 Å². The quantitative estimate of drug-likeness (QED) is 0.515. The van der Waals surface area contributed by atoms with Gasteiger partial charge in [0.15, 0.2) is 9.79 Å². The molecule has 0 radical (unpaired) electrons. The van der Waals surface area contributed by atoms with Gasteiger partial charge in [0, 0.05) is 0 Å². The van der Waals surface area contributed by atoms with E-state index in [1.807, 2.05) is 0 Å². The fourth-order valence-corrected chi connectivity index (χ4v) is 4.52. The SMILES string of the molecule is CCCC.C[S+](c1ccccc1)c1ccc(C2CCCCC2)cc1. The van der Waals surface area contributed by atoms with Gasteiger partial charge in [-0.3, -0.25) is 0 Å². The van der Waals surface area contributed by atoms with Gasteiger partial charge in [0.05, 0.1) is 10.9 Å². The van der Waals surface area contributed by atoms with Crippen LogP contribution in [0.4, 0.5) is 0 Å². The Morgan fingerprint density at radius 3 is 1.83 bits per heavy atom. The summed E-state index contributed by atoms with van der Waals surface area (Å²) in [6.45, 7) is 4.36. The van der Waals surface area contributed by atoms with Gasteiger partial charge in [0.2, 0.25) is 0 Å². The van der Waals surface area contributed by atoms with Crippen molar-refractivity contribution in [1.82, 2.24) is 0 Å². The first-order valence-electron chi connectivity index (χ1n) is 9.57. The molecule has 1 heteroatoms. The molecule has 0 aliphatic heterocycles. The molecule has 1 aliphatic carbocycles. The van der Waals surface area contributed by atoms with Crippen molar-refractivity contribution < 1.29 is 0 Å². The summed E-state index contributed by atoms with van der Waals surface area (Å²) in [6, 6.07) is 20.3. The topological polar surface area (TPSA) is 0 Å². The van der Waals surface area contributed by atoms with E-state index in [1.54, 1.807) is 5.56 Å². The summed E-state index contributed by atoms with van der Waals surface area (Å²) in [5.41, 5.74) is 1.55. The second kappa shape index (κ2) is 10.6. The van der Waals surface area contributed by atoms with Gasteiger partial charge < -0.3 is 0 Å². The average molecular weight is 342 g/mol. The van der Waals surface area contributed by atoms with E-state index in [-0.39, 0.29) is 10.9 Å². The van der Waals surface area contributed by atoms with Gasteiger partial charge in [-0.25, -0.2) is 0 Å². The number of hydrogen-bond acceptors (Lipinski definition) is 0. The van der Waals surface area contributed by atoms with Gasteiger partial charge in [0.25, 0.3) is 0 Å². The summed E-state index contributed by atoms with van der Waals surface area (Å²) in [7, 11) is 0.190. The Bertz CT molecular complexity index is 550. The molecule has 1 unspecified atom stereocenters. The summed E-state index contributed by atoms with van der Waals surface area (Å²) in [5.74, 6) is 0.813. The molecule has 0 heterocycles. The molecule has 3 rings (SSSR count). The van der Waals surface area contributed by atoms with Crippen molar-refractivity contribution >= 4 is 10.9 Å². The maximum atomic E-state index is 2.37. The third-order valence-electron chi connectivity index (χ3n) is 4.91. The lowest BCUT2D eigenvalue weighted by atomic mass is 9.84. The van der Waals surface area contributed by atoms with Crippen molar-refractivity contribution in [3.8, 4) is 0 Å². The van der Waals surface area contributed by atoms with Crippen molar-refractivity contribution in [2.45, 2.75) is 74.5 Å². The molecule has 0 amide bonds. The Morgan fingerprint density at radius 2 is 1.29 bits per heavy atom. The molecular formula is C23H33S+. The van der Waals surface area contributed by atoms with Crippen LogP contribution in [-0.4, -0.2) is 6.26 Å². The first-order valence-corrected chi connectivity index (χ1v) is 11.2. The molecule has 0 nitrogen and oxygen atoms in total. The maximum absolute atomic E-state index is 2.37. The Balaban J connectivity index is 0.000000471. The van der Waals surface area contributed by atoms with E-state index in [0.29, 0.717) is 0 Å². The standard InChI is InChI=1S/C19H23S.C4H10/c1-20(18-10-6-3-7-11-18)19-14-12-17(13-15-19)16-8-4-2-5-9-16;1-3-4-2/h3,6-7,10-16H,2,4-5,8-9H2,1H3;3-4H2,1-2H3/q+1;. The van der Waals surface area contributed by atoms with E-state index >= 15 is 0 Å². The summed E-state index contributed by atoms with van der Waals surface area (Å²) < 4.78 is 0. The zero-order chi connectivity index (χ0) is 17.2. The minimum absolute atomic E-state index is 0.190. The van der Waals surface area contributed by atoms with E-state index in [9.17, 15) is 0 Å². The van der Waals surface area contributed by atoms with Crippen LogP contribution in [0.5, 0.6) is 0 Å². The van der Waals surface area contributed by atoms with Crippen LogP contribution in [0.25, 0.3) is 0 Å². The predicted octanol–water partition coefficient (Wildman–Crippen LogP) is 7.21. The van der Waals surface area contributed by atoms with Crippen LogP contribution in [0.3, 0.4) is 0 Å². The summed E-state index contributed by atoms with van der Waals surface area (Å²) >= 11 is 0. The summed E-state index contributed by atoms with van der Waals surface area (Å²) in [5, 5.41) is 0. The molecule has 1 fully saturated rings. The van der Waals surface area contributed by atoms with Crippen molar-refractivity contribution in [3.63, 3.8) is 0 Å². The first kappa shape index (κ1) is 19.1. The highest BCUT2D eigenvalue weighted by Crippen LogP contribution is 2.33. The molecule has 0 saturated heterocycles. The highest BCUT2D eigenvalue weighted by atomic mass is 32.2. The number of benzene rings is 2. The molecule has 1 saturated carbocycles. The Kier molecular flexibility index (Phi) is 8.45. The van der Waals surface area contributed by atoms with E-state index < -0.39 is 0 Å². The first-order chi connectivity index (χ1) is 11.8. The van der Waals surface area contributed by atoms with Crippen molar-refractivity contribution in [2.75, 3.05) is 6.26 Å². The van der Waals surface area contributed by atoms with E-state index in [0.717, 1.165) is 5.92 Å². The average Bonchev–Trinajstić information content (AvgIpc) is 2.69. The van der Waals surface area contributed by atoms with Gasteiger partial charge in [-0.2, -0.15) is 0 Å². The van der Waals surface area contributed by atoms with Gasteiger partial charge in [-0.15, -0.1) is 0 Å². The van der Waals surface area contributed by atoms with Crippen LogP contribution in [0.2, 0.25) is 0 Å². The van der Waals surface area contributed by atoms with Crippen LogP contribution in [0, 0.1) is 0 Å². The largest absolute Gasteiger partial charge is 0.160 e. The molecule has 1 aliphatic rings.